The van der Waals surface area contributed by atoms with Gasteiger partial charge in [0.15, 0.2) is 0 Å². The molecule has 0 radical (unpaired) electrons. The number of ether oxygens (including phenoxy) is 2. The molecule has 3 aromatic rings. The van der Waals surface area contributed by atoms with Crippen molar-refractivity contribution >= 4 is 24.1 Å². The minimum absolute atomic E-state index is 0.319. The van der Waals surface area contributed by atoms with Gasteiger partial charge in [0.1, 0.15) is 11.5 Å². The van der Waals surface area contributed by atoms with Crippen molar-refractivity contribution < 1.29 is 23.5 Å². The van der Waals surface area contributed by atoms with Gasteiger partial charge in [-0.1, -0.05) is 25.3 Å². The minimum Gasteiger partial charge on any atom is -0.423 e. The van der Waals surface area contributed by atoms with Gasteiger partial charge < -0.3 is 13.9 Å². The van der Waals surface area contributed by atoms with Crippen molar-refractivity contribution in [2.75, 3.05) is 0 Å². The predicted molar refractivity (Wildman–Crippen MR) is 116 cm³/mol. The lowest BCUT2D eigenvalue weighted by Gasteiger charge is -2.03. The molecule has 2 aromatic carbocycles. The van der Waals surface area contributed by atoms with Crippen LogP contribution in [-0.2, 0) is 9.59 Å². The molecule has 0 aliphatic rings. The van der Waals surface area contributed by atoms with Gasteiger partial charge in [-0.25, -0.2) is 9.59 Å². The highest BCUT2D eigenvalue weighted by Crippen LogP contribution is 2.22. The summed E-state index contributed by atoms with van der Waals surface area (Å²) >= 11 is 0. The molecule has 1 aromatic heterocycles. The average molecular weight is 416 g/mol. The molecule has 7 heteroatoms. The maximum Gasteiger partial charge on any atom is 0.338 e. The van der Waals surface area contributed by atoms with E-state index in [4.69, 9.17) is 13.9 Å². The monoisotopic (exact) mass is 416 g/mol. The zero-order valence-electron chi connectivity index (χ0n) is 17.1. The summed E-state index contributed by atoms with van der Waals surface area (Å²) in [5, 5.41) is 8.02. The number of carbonyl (C=O) groups is 2. The van der Waals surface area contributed by atoms with Crippen LogP contribution in [0.3, 0.4) is 0 Å². The fraction of sp³-hybridized carbons (Fsp3) is 0.0833. The van der Waals surface area contributed by atoms with Gasteiger partial charge in [0.2, 0.25) is 11.8 Å². The van der Waals surface area contributed by atoms with Crippen LogP contribution in [0.25, 0.3) is 23.6 Å². The number of aromatic nitrogens is 2. The second kappa shape index (κ2) is 9.49. The normalized spacial score (nSPS) is 10.6. The van der Waals surface area contributed by atoms with Crippen LogP contribution >= 0.6 is 0 Å². The molecular weight excluding hydrogens is 396 g/mol. The first-order valence-electron chi connectivity index (χ1n) is 9.29. The third-order valence-electron chi connectivity index (χ3n) is 3.96. The van der Waals surface area contributed by atoms with Gasteiger partial charge in [0, 0.05) is 22.8 Å². The molecule has 0 N–H and O–H groups in total. The Bertz CT molecular complexity index is 1160. The quantitative estimate of drug-likeness (QED) is 0.308. The molecule has 1 heterocycles. The van der Waals surface area contributed by atoms with E-state index in [1.54, 1.807) is 74.5 Å². The van der Waals surface area contributed by atoms with Gasteiger partial charge in [-0.05, 0) is 61.9 Å². The van der Waals surface area contributed by atoms with Crippen molar-refractivity contribution in [3.8, 4) is 23.0 Å². The predicted octanol–water partition coefficient (Wildman–Crippen LogP) is 4.87. The van der Waals surface area contributed by atoms with E-state index in [2.05, 4.69) is 23.4 Å². The highest BCUT2D eigenvalue weighted by molar-refractivity contribution is 5.89. The topological polar surface area (TPSA) is 91.5 Å². The fourth-order valence-corrected chi connectivity index (χ4v) is 2.29. The number of carbonyl (C=O) groups excluding carboxylic acids is 2. The Morgan fingerprint density at radius 1 is 0.806 bits per heavy atom. The van der Waals surface area contributed by atoms with Crippen LogP contribution < -0.4 is 9.47 Å². The Kier molecular flexibility index (Phi) is 6.57. The van der Waals surface area contributed by atoms with Gasteiger partial charge in [0.25, 0.3) is 0 Å². The second-order valence-electron chi connectivity index (χ2n) is 6.71. The van der Waals surface area contributed by atoms with Gasteiger partial charge in [-0.15, -0.1) is 10.2 Å². The van der Waals surface area contributed by atoms with Crippen molar-refractivity contribution in [2.45, 2.75) is 13.8 Å². The van der Waals surface area contributed by atoms with E-state index >= 15 is 0 Å². The zero-order chi connectivity index (χ0) is 22.4. The van der Waals surface area contributed by atoms with E-state index in [0.29, 0.717) is 40.0 Å². The second-order valence-corrected chi connectivity index (χ2v) is 6.71. The Labute approximate surface area is 179 Å². The molecule has 0 aliphatic carbocycles. The van der Waals surface area contributed by atoms with Crippen LogP contribution in [0.2, 0.25) is 0 Å². The number of rotatable bonds is 7. The molecule has 3 rings (SSSR count). The number of benzene rings is 2. The Hall–Kier alpha value is -4.26. The minimum atomic E-state index is -0.486. The number of nitrogens with zero attached hydrogens (tertiary/aromatic N) is 2. The molecule has 31 heavy (non-hydrogen) atoms. The molecule has 0 aliphatic heterocycles. The lowest BCUT2D eigenvalue weighted by molar-refractivity contribution is -0.130. The molecule has 0 unspecified atom stereocenters. The molecule has 7 nitrogen and oxygen atoms in total. The lowest BCUT2D eigenvalue weighted by atomic mass is 10.2. The third-order valence-corrected chi connectivity index (χ3v) is 3.96. The van der Waals surface area contributed by atoms with Crippen LogP contribution in [0.1, 0.15) is 25.3 Å². The molecule has 0 atom stereocenters. The molecule has 0 saturated heterocycles. The Morgan fingerprint density at radius 3 is 1.84 bits per heavy atom. The van der Waals surface area contributed by atoms with E-state index in [-0.39, 0.29) is 0 Å². The maximum atomic E-state index is 11.6. The summed E-state index contributed by atoms with van der Waals surface area (Å²) in [6.07, 6.45) is 3.47. The van der Waals surface area contributed by atoms with Crippen LogP contribution in [0.15, 0.2) is 77.3 Å². The van der Waals surface area contributed by atoms with Gasteiger partial charge in [0.05, 0.1) is 0 Å². The first-order valence-corrected chi connectivity index (χ1v) is 9.29. The van der Waals surface area contributed by atoms with Crippen molar-refractivity contribution in [2.24, 2.45) is 0 Å². The smallest absolute Gasteiger partial charge is 0.338 e. The van der Waals surface area contributed by atoms with E-state index in [0.717, 1.165) is 5.56 Å². The first kappa shape index (κ1) is 21.4. The summed E-state index contributed by atoms with van der Waals surface area (Å²) in [5.41, 5.74) is 2.20. The lowest BCUT2D eigenvalue weighted by Crippen LogP contribution is -2.07. The zero-order valence-corrected chi connectivity index (χ0v) is 17.1. The number of hydrogen-bond donors (Lipinski definition) is 0. The summed E-state index contributed by atoms with van der Waals surface area (Å²) < 4.78 is 15.9. The fourth-order valence-electron chi connectivity index (χ4n) is 2.29. The van der Waals surface area contributed by atoms with E-state index in [9.17, 15) is 9.59 Å². The van der Waals surface area contributed by atoms with Gasteiger partial charge in [-0.2, -0.15) is 0 Å². The number of esters is 2. The first-order chi connectivity index (χ1) is 14.8. The molecule has 0 amide bonds. The summed E-state index contributed by atoms with van der Waals surface area (Å²) in [7, 11) is 0. The SMILES string of the molecule is C=C(C)C(=O)Oc1ccc(C=Cc2nnc(-c3ccc(OC(=O)C(=C)C)cc3)o2)cc1. The Morgan fingerprint density at radius 2 is 1.32 bits per heavy atom. The van der Waals surface area contributed by atoms with Crippen molar-refractivity contribution in [1.82, 2.24) is 10.2 Å². The number of hydrogen-bond acceptors (Lipinski definition) is 7. The standard InChI is InChI=1S/C24H20N2O5/c1-15(2)23(27)29-19-10-5-17(6-11-19)7-14-21-25-26-22(31-21)18-8-12-20(13-9-18)30-24(28)16(3)4/h5-14H,1,3H2,2,4H3. The van der Waals surface area contributed by atoms with Gasteiger partial charge >= 0.3 is 11.9 Å². The van der Waals surface area contributed by atoms with Crippen LogP contribution in [0.5, 0.6) is 11.5 Å². The summed E-state index contributed by atoms with van der Waals surface area (Å²) in [5.74, 6) is 0.532. The highest BCUT2D eigenvalue weighted by atomic mass is 16.5. The van der Waals surface area contributed by atoms with Crippen LogP contribution in [0.4, 0.5) is 0 Å². The average Bonchev–Trinajstić information content (AvgIpc) is 3.22. The highest BCUT2D eigenvalue weighted by Gasteiger charge is 2.09. The van der Waals surface area contributed by atoms with E-state index in [1.807, 2.05) is 0 Å². The van der Waals surface area contributed by atoms with Gasteiger partial charge in [-0.3, -0.25) is 0 Å². The van der Waals surface area contributed by atoms with Crippen molar-refractivity contribution in [3.05, 3.63) is 84.3 Å². The molecule has 0 spiro atoms. The molecule has 156 valence electrons. The molecular formula is C24H20N2O5. The maximum absolute atomic E-state index is 11.6. The van der Waals surface area contributed by atoms with E-state index in [1.165, 1.54) is 0 Å². The molecule has 0 fully saturated rings. The van der Waals surface area contributed by atoms with Crippen LogP contribution in [0, 0.1) is 0 Å². The van der Waals surface area contributed by atoms with Crippen LogP contribution in [-0.4, -0.2) is 22.1 Å². The summed E-state index contributed by atoms with van der Waals surface area (Å²) in [4.78, 5) is 23.1. The molecule has 0 saturated carbocycles. The Balaban J connectivity index is 1.63. The van der Waals surface area contributed by atoms with Crippen molar-refractivity contribution in [1.29, 1.82) is 0 Å². The van der Waals surface area contributed by atoms with Crippen molar-refractivity contribution in [3.63, 3.8) is 0 Å². The third kappa shape index (κ3) is 5.86. The van der Waals surface area contributed by atoms with E-state index < -0.39 is 11.9 Å². The molecule has 0 bridgehead atoms. The largest absolute Gasteiger partial charge is 0.423 e. The summed E-state index contributed by atoms with van der Waals surface area (Å²) in [6.45, 7) is 10.3. The summed E-state index contributed by atoms with van der Waals surface area (Å²) in [6, 6.07) is 13.7.